The second kappa shape index (κ2) is 18.7. The summed E-state index contributed by atoms with van der Waals surface area (Å²) in [5.41, 5.74) is 9.23. The summed E-state index contributed by atoms with van der Waals surface area (Å²) in [4.78, 5) is 6.64. The van der Waals surface area contributed by atoms with E-state index in [2.05, 4.69) is 29.0 Å². The molecule has 0 radical (unpaired) electrons. The lowest BCUT2D eigenvalue weighted by atomic mass is 10.1. The van der Waals surface area contributed by atoms with Gasteiger partial charge in [0.15, 0.2) is 0 Å². The molecule has 7 nitrogen and oxygen atoms in total. The van der Waals surface area contributed by atoms with Crippen molar-refractivity contribution >= 4 is 17.7 Å². The van der Waals surface area contributed by atoms with Gasteiger partial charge < -0.3 is 30.8 Å². The summed E-state index contributed by atoms with van der Waals surface area (Å²) in [6, 6.07) is 12.3. The first-order chi connectivity index (χ1) is 17.0. The van der Waals surface area contributed by atoms with Crippen molar-refractivity contribution in [1.82, 2.24) is 10.3 Å². The summed E-state index contributed by atoms with van der Waals surface area (Å²) in [6.07, 6.45) is 5.71. The van der Waals surface area contributed by atoms with E-state index in [1.54, 1.807) is 0 Å². The van der Waals surface area contributed by atoms with E-state index in [1.165, 1.54) is 11.8 Å². The second-order valence-corrected chi connectivity index (χ2v) is 8.32. The van der Waals surface area contributed by atoms with Gasteiger partial charge in [0.2, 0.25) is 5.88 Å². The van der Waals surface area contributed by atoms with Gasteiger partial charge in [-0.25, -0.2) is 0 Å². The molecule has 1 aromatic carbocycles. The van der Waals surface area contributed by atoms with E-state index in [9.17, 15) is 0 Å². The normalized spacial score (nSPS) is 13.1. The van der Waals surface area contributed by atoms with Crippen molar-refractivity contribution in [2.45, 2.75) is 66.3 Å². The lowest BCUT2D eigenvalue weighted by molar-refractivity contribution is 0.0770. The molecule has 2 heterocycles. The predicted octanol–water partition coefficient (Wildman–Crippen LogP) is 5.46. The van der Waals surface area contributed by atoms with Crippen LogP contribution in [0.2, 0.25) is 0 Å². The molecule has 0 bridgehead atoms. The van der Waals surface area contributed by atoms with Crippen LogP contribution in [0.3, 0.4) is 0 Å². The fraction of sp³-hybridized carbons (Fsp3) is 0.571. The van der Waals surface area contributed by atoms with Crippen LogP contribution in [0.25, 0.3) is 0 Å². The number of hydrogen-bond donors (Lipinski definition) is 3. The molecule has 3 rings (SSSR count). The molecule has 0 atom stereocenters. The van der Waals surface area contributed by atoms with Crippen LogP contribution < -0.4 is 20.7 Å². The number of ether oxygens (including phenoxy) is 2. The molecule has 0 amide bonds. The zero-order valence-electron chi connectivity index (χ0n) is 22.5. The minimum atomic E-state index is 0.511. The maximum absolute atomic E-state index is 6.92. The number of pyridine rings is 1. The Morgan fingerprint density at radius 3 is 2.40 bits per heavy atom. The van der Waals surface area contributed by atoms with Crippen LogP contribution in [0.4, 0.5) is 11.5 Å². The third kappa shape index (κ3) is 12.6. The fourth-order valence-corrected chi connectivity index (χ4v) is 3.76. The van der Waals surface area contributed by atoms with Crippen molar-refractivity contribution in [3.05, 3.63) is 47.5 Å². The molecule has 1 fully saturated rings. The Morgan fingerprint density at radius 1 is 1.14 bits per heavy atom. The number of nitrogens with one attached hydrogen (secondary N) is 2. The minimum absolute atomic E-state index is 0.511. The Hall–Kier alpha value is -2.64. The zero-order valence-corrected chi connectivity index (χ0v) is 22.5. The Morgan fingerprint density at radius 2 is 1.83 bits per heavy atom. The highest BCUT2D eigenvalue weighted by Gasteiger charge is 2.13. The molecular weight excluding hydrogens is 438 g/mol. The van der Waals surface area contributed by atoms with Gasteiger partial charge in [-0.05, 0) is 38.2 Å². The highest BCUT2D eigenvalue weighted by atomic mass is 16.5. The monoisotopic (exact) mass is 485 g/mol. The molecule has 1 aromatic heterocycles. The van der Waals surface area contributed by atoms with E-state index in [0.717, 1.165) is 69.8 Å². The largest absolute Gasteiger partial charge is 0.476 e. The van der Waals surface area contributed by atoms with Crippen molar-refractivity contribution in [3.8, 4) is 5.88 Å². The number of rotatable bonds is 11. The van der Waals surface area contributed by atoms with Gasteiger partial charge in [0, 0.05) is 62.9 Å². The van der Waals surface area contributed by atoms with E-state index in [1.807, 2.05) is 57.2 Å². The van der Waals surface area contributed by atoms with Crippen molar-refractivity contribution in [3.63, 3.8) is 0 Å². The molecular formula is C28H47N5O2. The van der Waals surface area contributed by atoms with Gasteiger partial charge in [-0.1, -0.05) is 57.5 Å². The van der Waals surface area contributed by atoms with Gasteiger partial charge >= 0.3 is 0 Å². The van der Waals surface area contributed by atoms with E-state index < -0.39 is 0 Å². The van der Waals surface area contributed by atoms with Gasteiger partial charge in [0.25, 0.3) is 0 Å². The van der Waals surface area contributed by atoms with Gasteiger partial charge in [0.1, 0.15) is 12.4 Å². The SMILES string of the molecule is CC.CCCN(CCC)c1cc(N)nc(OCCNC2CCOCC2)c1.Cc1cccc(C=N)c1. The highest BCUT2D eigenvalue weighted by Crippen LogP contribution is 2.23. The smallest absolute Gasteiger partial charge is 0.217 e. The molecule has 2 aromatic rings. The lowest BCUT2D eigenvalue weighted by Gasteiger charge is -2.24. The Kier molecular flexibility index (Phi) is 16.2. The van der Waals surface area contributed by atoms with Crippen LogP contribution in [-0.4, -0.2) is 56.7 Å². The summed E-state index contributed by atoms with van der Waals surface area (Å²) in [5, 5.41) is 10.4. The lowest BCUT2D eigenvalue weighted by Crippen LogP contribution is -2.37. The average molecular weight is 486 g/mol. The Labute approximate surface area is 212 Å². The first-order valence-corrected chi connectivity index (χ1v) is 13.1. The van der Waals surface area contributed by atoms with Crippen molar-refractivity contribution in [2.24, 2.45) is 0 Å². The van der Waals surface area contributed by atoms with Crippen LogP contribution in [-0.2, 0) is 4.74 Å². The average Bonchev–Trinajstić information content (AvgIpc) is 2.88. The predicted molar refractivity (Wildman–Crippen MR) is 149 cm³/mol. The molecule has 4 N–H and O–H groups in total. The van der Waals surface area contributed by atoms with E-state index >= 15 is 0 Å². The second-order valence-electron chi connectivity index (χ2n) is 8.32. The Bertz CT molecular complexity index is 819. The van der Waals surface area contributed by atoms with Crippen LogP contribution in [0.1, 0.15) is 64.5 Å². The molecule has 35 heavy (non-hydrogen) atoms. The van der Waals surface area contributed by atoms with E-state index in [4.69, 9.17) is 20.6 Å². The van der Waals surface area contributed by atoms with Crippen molar-refractivity contribution < 1.29 is 9.47 Å². The summed E-state index contributed by atoms with van der Waals surface area (Å²) in [5.74, 6) is 1.12. The van der Waals surface area contributed by atoms with Crippen LogP contribution in [0, 0.1) is 12.3 Å². The first-order valence-electron chi connectivity index (χ1n) is 13.1. The summed E-state index contributed by atoms with van der Waals surface area (Å²) < 4.78 is 11.2. The van der Waals surface area contributed by atoms with Gasteiger partial charge in [-0.15, -0.1) is 0 Å². The summed E-state index contributed by atoms with van der Waals surface area (Å²) in [7, 11) is 0. The highest BCUT2D eigenvalue weighted by molar-refractivity contribution is 5.76. The van der Waals surface area contributed by atoms with Crippen molar-refractivity contribution in [2.75, 3.05) is 50.1 Å². The van der Waals surface area contributed by atoms with Crippen LogP contribution >= 0.6 is 0 Å². The fourth-order valence-electron chi connectivity index (χ4n) is 3.76. The minimum Gasteiger partial charge on any atom is -0.476 e. The van der Waals surface area contributed by atoms with Gasteiger partial charge in [-0.3, -0.25) is 0 Å². The standard InChI is InChI=1S/C18H32N4O2.C8H9N.C2H6/c1-3-8-22(9-4-2)16-13-17(19)21-18(14-16)24-12-7-20-15-5-10-23-11-6-15;1-7-3-2-4-8(5-7)6-9;1-2/h13-15,20H,3-12H2,1-2H3,(H2,19,21);2-6,9H,1H3;1-2H3. The number of anilines is 2. The quantitative estimate of drug-likeness (QED) is 0.289. The van der Waals surface area contributed by atoms with E-state index in [-0.39, 0.29) is 0 Å². The topological polar surface area (TPSA) is 96.5 Å². The number of nitrogen functional groups attached to an aromatic ring is 1. The number of nitrogens with zero attached hydrogens (tertiary/aromatic N) is 2. The maximum Gasteiger partial charge on any atom is 0.217 e. The molecule has 0 unspecified atom stereocenters. The maximum atomic E-state index is 6.92. The number of hydrogen-bond acceptors (Lipinski definition) is 7. The molecule has 1 aliphatic rings. The van der Waals surface area contributed by atoms with Crippen LogP contribution in [0.5, 0.6) is 5.88 Å². The number of nitrogens with two attached hydrogens (primary N) is 1. The van der Waals surface area contributed by atoms with Crippen molar-refractivity contribution in [1.29, 1.82) is 5.41 Å². The molecule has 196 valence electrons. The molecule has 7 heteroatoms. The summed E-state index contributed by atoms with van der Waals surface area (Å²) in [6.45, 7) is 15.5. The molecule has 1 saturated heterocycles. The first kappa shape index (κ1) is 30.4. The molecule has 0 spiro atoms. The Balaban J connectivity index is 0.000000464. The number of aromatic nitrogens is 1. The third-order valence-electron chi connectivity index (χ3n) is 5.37. The third-order valence-corrected chi connectivity index (χ3v) is 5.37. The van der Waals surface area contributed by atoms with Gasteiger partial charge in [-0.2, -0.15) is 4.98 Å². The van der Waals surface area contributed by atoms with Gasteiger partial charge in [0.05, 0.1) is 0 Å². The van der Waals surface area contributed by atoms with E-state index in [0.29, 0.717) is 24.3 Å². The van der Waals surface area contributed by atoms with Crippen LogP contribution in [0.15, 0.2) is 36.4 Å². The number of aryl methyl sites for hydroxylation is 1. The molecule has 1 aliphatic heterocycles. The number of benzene rings is 1. The zero-order chi connectivity index (χ0) is 25.9. The summed E-state index contributed by atoms with van der Waals surface area (Å²) >= 11 is 0. The molecule has 0 saturated carbocycles. The molecule has 0 aliphatic carbocycles.